The molecule has 1 aromatic carbocycles. The maximum Gasteiger partial charge on any atom is 0.278 e. The predicted octanol–water partition coefficient (Wildman–Crippen LogP) is 3.11. The van der Waals surface area contributed by atoms with Crippen molar-refractivity contribution in [1.82, 2.24) is 4.98 Å². The number of nitrogens with zero attached hydrogens (tertiary/aromatic N) is 1. The van der Waals surface area contributed by atoms with Crippen molar-refractivity contribution in [3.63, 3.8) is 0 Å². The first-order valence-corrected chi connectivity index (χ1v) is 7.43. The topological polar surface area (TPSA) is 56.3 Å². The summed E-state index contributed by atoms with van der Waals surface area (Å²) in [6.07, 6.45) is 0. The van der Waals surface area contributed by atoms with Gasteiger partial charge in [-0.2, -0.15) is 0 Å². The van der Waals surface area contributed by atoms with Crippen LogP contribution < -0.4 is 4.74 Å². The minimum Gasteiger partial charge on any atom is -0.439 e. The summed E-state index contributed by atoms with van der Waals surface area (Å²) >= 11 is 0. The van der Waals surface area contributed by atoms with Gasteiger partial charge in [0.1, 0.15) is 5.75 Å². The third-order valence-electron chi connectivity index (χ3n) is 2.26. The van der Waals surface area contributed by atoms with Crippen LogP contribution in [-0.2, 0) is 9.05 Å². The number of rotatable bonds is 3. The van der Waals surface area contributed by atoms with Gasteiger partial charge in [-0.1, -0.05) is 24.3 Å². The van der Waals surface area contributed by atoms with Crippen LogP contribution in [-0.4, -0.2) is 13.4 Å². The van der Waals surface area contributed by atoms with Crippen molar-refractivity contribution in [2.75, 3.05) is 0 Å². The Morgan fingerprint density at radius 2 is 1.83 bits per heavy atom. The van der Waals surface area contributed by atoms with Crippen molar-refractivity contribution in [2.24, 2.45) is 0 Å². The molecular formula is C12H10ClNO3S. The van der Waals surface area contributed by atoms with Crippen LogP contribution in [0.1, 0.15) is 5.56 Å². The minimum absolute atomic E-state index is 0.186. The predicted molar refractivity (Wildman–Crippen MR) is 68.5 cm³/mol. The second-order valence-electron chi connectivity index (χ2n) is 3.62. The third-order valence-corrected chi connectivity index (χ3v) is 3.46. The number of hydrogen-bond acceptors (Lipinski definition) is 4. The van der Waals surface area contributed by atoms with Crippen LogP contribution in [0.25, 0.3) is 0 Å². The lowest BCUT2D eigenvalue weighted by Crippen LogP contribution is -1.97. The Balaban J connectivity index is 2.34. The standard InChI is InChI=1S/C12H10ClNO3S/c1-9-5-2-3-6-10(9)17-11-7-4-8-12(14-11)18(13,15)16/h2-8H,1H3. The maximum atomic E-state index is 11.2. The van der Waals surface area contributed by atoms with Crippen molar-refractivity contribution in [3.05, 3.63) is 48.0 Å². The van der Waals surface area contributed by atoms with Crippen LogP contribution in [0.2, 0.25) is 0 Å². The molecule has 0 atom stereocenters. The highest BCUT2D eigenvalue weighted by Gasteiger charge is 2.13. The summed E-state index contributed by atoms with van der Waals surface area (Å²) in [4.78, 5) is 3.84. The number of para-hydroxylation sites is 1. The molecule has 4 nitrogen and oxygen atoms in total. The van der Waals surface area contributed by atoms with Gasteiger partial charge in [-0.05, 0) is 24.6 Å². The van der Waals surface area contributed by atoms with E-state index < -0.39 is 9.05 Å². The van der Waals surface area contributed by atoms with Gasteiger partial charge in [0, 0.05) is 16.7 Å². The van der Waals surface area contributed by atoms with E-state index in [0.717, 1.165) is 5.56 Å². The van der Waals surface area contributed by atoms with E-state index in [1.54, 1.807) is 12.1 Å². The van der Waals surface area contributed by atoms with Gasteiger partial charge < -0.3 is 4.74 Å². The van der Waals surface area contributed by atoms with Crippen LogP contribution in [0.3, 0.4) is 0 Å². The van der Waals surface area contributed by atoms with Gasteiger partial charge in [-0.3, -0.25) is 0 Å². The van der Waals surface area contributed by atoms with Crippen LogP contribution >= 0.6 is 10.7 Å². The largest absolute Gasteiger partial charge is 0.439 e. The van der Waals surface area contributed by atoms with Gasteiger partial charge in [0.05, 0.1) is 0 Å². The Hall–Kier alpha value is -1.59. The Bertz CT molecular complexity index is 671. The molecule has 2 aromatic rings. The summed E-state index contributed by atoms with van der Waals surface area (Å²) in [5, 5.41) is -0.227. The molecule has 0 bridgehead atoms. The number of aryl methyl sites for hydroxylation is 1. The normalized spacial score (nSPS) is 11.2. The first kappa shape index (κ1) is 12.9. The number of halogens is 1. The Morgan fingerprint density at radius 1 is 1.11 bits per heavy atom. The van der Waals surface area contributed by atoms with E-state index in [0.29, 0.717) is 5.75 Å². The lowest BCUT2D eigenvalue weighted by Gasteiger charge is -2.07. The van der Waals surface area contributed by atoms with Crippen molar-refractivity contribution >= 4 is 19.7 Å². The Morgan fingerprint density at radius 3 is 2.50 bits per heavy atom. The lowest BCUT2D eigenvalue weighted by molar-refractivity contribution is 0.454. The van der Waals surface area contributed by atoms with Gasteiger partial charge in [0.2, 0.25) is 5.88 Å². The molecule has 6 heteroatoms. The van der Waals surface area contributed by atoms with Gasteiger partial charge in [0.25, 0.3) is 9.05 Å². The molecule has 1 aromatic heterocycles. The fraction of sp³-hybridized carbons (Fsp3) is 0.0833. The molecule has 2 rings (SSSR count). The monoisotopic (exact) mass is 283 g/mol. The second kappa shape index (κ2) is 4.96. The van der Waals surface area contributed by atoms with Crippen molar-refractivity contribution in [3.8, 4) is 11.6 Å². The van der Waals surface area contributed by atoms with E-state index in [1.807, 2.05) is 25.1 Å². The zero-order chi connectivity index (χ0) is 13.2. The first-order chi connectivity index (χ1) is 8.47. The highest BCUT2D eigenvalue weighted by molar-refractivity contribution is 8.13. The number of hydrogen-bond donors (Lipinski definition) is 0. The molecule has 0 fully saturated rings. The van der Waals surface area contributed by atoms with E-state index in [2.05, 4.69) is 4.98 Å². The van der Waals surface area contributed by atoms with E-state index >= 15 is 0 Å². The number of pyridine rings is 1. The van der Waals surface area contributed by atoms with Crippen molar-refractivity contribution < 1.29 is 13.2 Å². The number of aromatic nitrogens is 1. The van der Waals surface area contributed by atoms with Gasteiger partial charge in [-0.15, -0.1) is 0 Å². The van der Waals surface area contributed by atoms with Crippen molar-refractivity contribution in [2.45, 2.75) is 11.9 Å². The summed E-state index contributed by atoms with van der Waals surface area (Å²) in [5.41, 5.74) is 0.929. The van der Waals surface area contributed by atoms with Gasteiger partial charge >= 0.3 is 0 Å². The molecular weight excluding hydrogens is 274 g/mol. The fourth-order valence-corrected chi connectivity index (χ4v) is 2.07. The molecule has 0 saturated heterocycles. The summed E-state index contributed by atoms with van der Waals surface area (Å²) in [7, 11) is 1.37. The highest BCUT2D eigenvalue weighted by atomic mass is 35.7. The lowest BCUT2D eigenvalue weighted by atomic mass is 10.2. The molecule has 0 amide bonds. The summed E-state index contributed by atoms with van der Waals surface area (Å²) in [6.45, 7) is 1.89. The fourth-order valence-electron chi connectivity index (χ4n) is 1.37. The van der Waals surface area contributed by atoms with E-state index in [1.165, 1.54) is 12.1 Å². The Kier molecular flexibility index (Phi) is 3.54. The quantitative estimate of drug-likeness (QED) is 0.812. The zero-order valence-electron chi connectivity index (χ0n) is 9.50. The van der Waals surface area contributed by atoms with Crippen LogP contribution in [0.15, 0.2) is 47.5 Å². The number of ether oxygens (including phenoxy) is 1. The zero-order valence-corrected chi connectivity index (χ0v) is 11.1. The molecule has 94 valence electrons. The maximum absolute atomic E-state index is 11.2. The molecule has 0 saturated carbocycles. The summed E-state index contributed by atoms with van der Waals surface area (Å²) in [6, 6.07) is 11.8. The molecule has 0 radical (unpaired) electrons. The van der Waals surface area contributed by atoms with Crippen molar-refractivity contribution in [1.29, 1.82) is 0 Å². The minimum atomic E-state index is -3.85. The molecule has 0 aliphatic rings. The molecule has 0 N–H and O–H groups in total. The average molecular weight is 284 g/mol. The molecule has 0 unspecified atom stereocenters. The van der Waals surface area contributed by atoms with Crippen LogP contribution in [0.4, 0.5) is 0 Å². The van der Waals surface area contributed by atoms with E-state index in [9.17, 15) is 8.42 Å². The Labute approximate surface area is 110 Å². The first-order valence-electron chi connectivity index (χ1n) is 5.12. The van der Waals surface area contributed by atoms with Gasteiger partial charge in [-0.25, -0.2) is 13.4 Å². The number of benzene rings is 1. The smallest absolute Gasteiger partial charge is 0.278 e. The SMILES string of the molecule is Cc1ccccc1Oc1cccc(S(=O)(=O)Cl)n1. The third kappa shape index (κ3) is 3.00. The highest BCUT2D eigenvalue weighted by Crippen LogP contribution is 2.24. The van der Waals surface area contributed by atoms with E-state index in [4.69, 9.17) is 15.4 Å². The van der Waals surface area contributed by atoms with Crippen LogP contribution in [0.5, 0.6) is 11.6 Å². The van der Waals surface area contributed by atoms with Crippen LogP contribution in [0, 0.1) is 6.92 Å². The average Bonchev–Trinajstić information content (AvgIpc) is 2.31. The molecule has 0 spiro atoms. The molecule has 0 aliphatic carbocycles. The van der Waals surface area contributed by atoms with E-state index in [-0.39, 0.29) is 10.9 Å². The second-order valence-corrected chi connectivity index (χ2v) is 6.13. The molecule has 18 heavy (non-hydrogen) atoms. The summed E-state index contributed by atoms with van der Waals surface area (Å²) < 4.78 is 27.8. The molecule has 0 aliphatic heterocycles. The van der Waals surface area contributed by atoms with Gasteiger partial charge in [0.15, 0.2) is 5.03 Å². The molecule has 1 heterocycles. The summed E-state index contributed by atoms with van der Waals surface area (Å²) in [5.74, 6) is 0.806.